The molecule has 3 aromatic rings. The lowest BCUT2D eigenvalue weighted by molar-refractivity contribution is 0.0498. The number of amides is 1. The summed E-state index contributed by atoms with van der Waals surface area (Å²) in [5.74, 6) is 1.49. The van der Waals surface area contributed by atoms with Gasteiger partial charge >= 0.3 is 0 Å². The van der Waals surface area contributed by atoms with E-state index in [1.54, 1.807) is 7.11 Å². The number of aromatic nitrogens is 3. The number of rotatable bonds is 5. The molecule has 0 bridgehead atoms. The summed E-state index contributed by atoms with van der Waals surface area (Å²) in [6.45, 7) is 1.37. The molecule has 6 nitrogen and oxygen atoms in total. The molecule has 0 atom stereocenters. The van der Waals surface area contributed by atoms with Gasteiger partial charge in [0.1, 0.15) is 5.75 Å². The third kappa shape index (κ3) is 3.15. The summed E-state index contributed by atoms with van der Waals surface area (Å²) in [5.41, 5.74) is 3.94. The lowest BCUT2D eigenvalue weighted by Gasteiger charge is -2.38. The van der Waals surface area contributed by atoms with Gasteiger partial charge in [0.05, 0.1) is 18.8 Å². The molecule has 2 aliphatic rings. The summed E-state index contributed by atoms with van der Waals surface area (Å²) in [6.07, 6.45) is 4.49. The van der Waals surface area contributed by atoms with Gasteiger partial charge in [-0.05, 0) is 48.2 Å². The first-order chi connectivity index (χ1) is 13.7. The van der Waals surface area contributed by atoms with Gasteiger partial charge in [0.2, 0.25) is 0 Å². The van der Waals surface area contributed by atoms with Gasteiger partial charge in [-0.1, -0.05) is 29.5 Å². The maximum absolute atomic E-state index is 12.7. The number of likely N-dealkylation sites (tertiary alicyclic amines) is 1. The molecule has 0 unspecified atom stereocenters. The summed E-state index contributed by atoms with van der Waals surface area (Å²) in [6, 6.07) is 15.9. The Morgan fingerprint density at radius 1 is 1.07 bits per heavy atom. The number of nitrogens with zero attached hydrogens (tertiary/aromatic N) is 4. The van der Waals surface area contributed by atoms with E-state index in [1.807, 2.05) is 64.3 Å². The summed E-state index contributed by atoms with van der Waals surface area (Å²) >= 11 is 0. The first kappa shape index (κ1) is 17.0. The van der Waals surface area contributed by atoms with Gasteiger partial charge in [-0.15, -0.1) is 5.10 Å². The van der Waals surface area contributed by atoms with E-state index in [-0.39, 0.29) is 11.9 Å². The van der Waals surface area contributed by atoms with Crippen molar-refractivity contribution in [3.8, 4) is 16.9 Å². The lowest BCUT2D eigenvalue weighted by Crippen LogP contribution is -2.50. The zero-order valence-corrected chi connectivity index (χ0v) is 15.8. The topological polar surface area (TPSA) is 60.2 Å². The molecule has 1 aromatic heterocycles. The van der Waals surface area contributed by atoms with E-state index in [9.17, 15) is 4.79 Å². The van der Waals surface area contributed by atoms with Crippen LogP contribution in [0.25, 0.3) is 11.1 Å². The van der Waals surface area contributed by atoms with E-state index < -0.39 is 0 Å². The molecule has 2 heterocycles. The average Bonchev–Trinajstić information content (AvgIpc) is 3.45. The van der Waals surface area contributed by atoms with Crippen LogP contribution in [0, 0.1) is 0 Å². The highest BCUT2D eigenvalue weighted by atomic mass is 16.5. The Morgan fingerprint density at radius 2 is 1.86 bits per heavy atom. The van der Waals surface area contributed by atoms with E-state index in [2.05, 4.69) is 10.3 Å². The van der Waals surface area contributed by atoms with E-state index >= 15 is 0 Å². The number of ether oxygens (including phenoxy) is 1. The van der Waals surface area contributed by atoms with Gasteiger partial charge in [-0.3, -0.25) is 4.79 Å². The van der Waals surface area contributed by atoms with Gasteiger partial charge in [0, 0.05) is 30.8 Å². The Hall–Kier alpha value is -3.15. The molecule has 1 aliphatic heterocycles. The molecule has 2 fully saturated rings. The van der Waals surface area contributed by atoms with Crippen LogP contribution in [0.3, 0.4) is 0 Å². The normalized spacial score (nSPS) is 16.7. The van der Waals surface area contributed by atoms with Gasteiger partial charge in [-0.25, -0.2) is 4.68 Å². The van der Waals surface area contributed by atoms with Crippen LogP contribution in [0.15, 0.2) is 54.7 Å². The van der Waals surface area contributed by atoms with Gasteiger partial charge < -0.3 is 9.64 Å². The second-order valence-electron chi connectivity index (χ2n) is 7.57. The average molecular weight is 374 g/mol. The first-order valence-corrected chi connectivity index (χ1v) is 9.67. The second-order valence-corrected chi connectivity index (χ2v) is 7.57. The summed E-state index contributed by atoms with van der Waals surface area (Å²) < 4.78 is 7.20. The van der Waals surface area contributed by atoms with Crippen molar-refractivity contribution in [1.29, 1.82) is 0 Å². The molecule has 1 saturated carbocycles. The third-order valence-corrected chi connectivity index (χ3v) is 5.58. The van der Waals surface area contributed by atoms with Crippen molar-refractivity contribution < 1.29 is 9.53 Å². The maximum Gasteiger partial charge on any atom is 0.253 e. The summed E-state index contributed by atoms with van der Waals surface area (Å²) in [5, 5.41) is 8.50. The Labute approximate surface area is 163 Å². The number of carbonyl (C=O) groups is 1. The fraction of sp³-hybridized carbons (Fsp3) is 0.318. The van der Waals surface area contributed by atoms with Gasteiger partial charge in [-0.2, -0.15) is 0 Å². The molecule has 2 aromatic carbocycles. The van der Waals surface area contributed by atoms with Crippen LogP contribution >= 0.6 is 0 Å². The lowest BCUT2D eigenvalue weighted by atomic mass is 10.0. The Morgan fingerprint density at radius 3 is 2.57 bits per heavy atom. The molecule has 6 heteroatoms. The summed E-state index contributed by atoms with van der Waals surface area (Å²) in [4.78, 5) is 14.6. The minimum atomic E-state index is 0.0657. The van der Waals surface area contributed by atoms with E-state index in [4.69, 9.17) is 4.74 Å². The number of carbonyl (C=O) groups excluding carboxylic acids is 1. The number of benzene rings is 2. The highest BCUT2D eigenvalue weighted by Crippen LogP contribution is 2.39. The molecule has 1 aliphatic carbocycles. The largest absolute Gasteiger partial charge is 0.497 e. The quantitative estimate of drug-likeness (QED) is 0.685. The van der Waals surface area contributed by atoms with Crippen molar-refractivity contribution in [1.82, 2.24) is 19.9 Å². The fourth-order valence-corrected chi connectivity index (χ4v) is 3.61. The van der Waals surface area contributed by atoms with Crippen LogP contribution in [-0.4, -0.2) is 46.0 Å². The molecule has 5 rings (SSSR count). The van der Waals surface area contributed by atoms with Gasteiger partial charge in [0.15, 0.2) is 0 Å². The minimum Gasteiger partial charge on any atom is -0.497 e. The van der Waals surface area contributed by atoms with Gasteiger partial charge in [0.25, 0.3) is 5.91 Å². The highest BCUT2D eigenvalue weighted by molar-refractivity contribution is 5.95. The first-order valence-electron chi connectivity index (χ1n) is 9.67. The Kier molecular flexibility index (Phi) is 4.11. The third-order valence-electron chi connectivity index (χ3n) is 5.58. The van der Waals surface area contributed by atoms with Crippen molar-refractivity contribution in [2.45, 2.75) is 24.8 Å². The van der Waals surface area contributed by atoms with E-state index in [1.165, 1.54) is 12.8 Å². The van der Waals surface area contributed by atoms with Crippen molar-refractivity contribution in [2.75, 3.05) is 20.2 Å². The monoisotopic (exact) mass is 374 g/mol. The number of methoxy groups -OCH3 is 1. The van der Waals surface area contributed by atoms with E-state index in [0.29, 0.717) is 24.6 Å². The Bertz CT molecular complexity index is 1000. The molecule has 0 radical (unpaired) electrons. The molecule has 28 heavy (non-hydrogen) atoms. The standard InChI is InChI=1S/C22H22N4O2/c1-28-20-4-2-3-18(11-20)15-5-9-17(10-6-15)22(27)25-12-19(13-25)26-14-21(23-24-26)16-7-8-16/h2-6,9-11,14,16,19H,7-8,12-13H2,1H3. The van der Waals surface area contributed by atoms with Crippen molar-refractivity contribution in [2.24, 2.45) is 0 Å². The molecule has 1 amide bonds. The van der Waals surface area contributed by atoms with E-state index in [0.717, 1.165) is 22.6 Å². The molecular weight excluding hydrogens is 352 g/mol. The minimum absolute atomic E-state index is 0.0657. The molecule has 1 saturated heterocycles. The number of hydrogen-bond donors (Lipinski definition) is 0. The molecule has 142 valence electrons. The highest BCUT2D eigenvalue weighted by Gasteiger charge is 2.34. The predicted octanol–water partition coefficient (Wildman–Crippen LogP) is 3.53. The predicted molar refractivity (Wildman–Crippen MR) is 105 cm³/mol. The van der Waals surface area contributed by atoms with Crippen LogP contribution in [-0.2, 0) is 0 Å². The van der Waals surface area contributed by atoms with Crippen LogP contribution in [0.4, 0.5) is 0 Å². The maximum atomic E-state index is 12.7. The fourth-order valence-electron chi connectivity index (χ4n) is 3.61. The van der Waals surface area contributed by atoms with Crippen molar-refractivity contribution >= 4 is 5.91 Å². The smallest absolute Gasteiger partial charge is 0.253 e. The second kappa shape index (κ2) is 6.78. The summed E-state index contributed by atoms with van der Waals surface area (Å²) in [7, 11) is 1.66. The van der Waals surface area contributed by atoms with Crippen LogP contribution in [0.1, 0.15) is 40.9 Å². The molecular formula is C22H22N4O2. The van der Waals surface area contributed by atoms with Crippen LogP contribution in [0.5, 0.6) is 5.75 Å². The number of hydrogen-bond acceptors (Lipinski definition) is 4. The Balaban J connectivity index is 1.23. The van der Waals surface area contributed by atoms with Crippen LogP contribution in [0.2, 0.25) is 0 Å². The zero-order chi connectivity index (χ0) is 19.1. The molecule has 0 spiro atoms. The van der Waals surface area contributed by atoms with Crippen molar-refractivity contribution in [3.05, 3.63) is 66.0 Å². The zero-order valence-electron chi connectivity index (χ0n) is 15.8. The van der Waals surface area contributed by atoms with Crippen LogP contribution < -0.4 is 4.74 Å². The SMILES string of the molecule is COc1cccc(-c2ccc(C(=O)N3CC(n4cc(C5CC5)nn4)C3)cc2)c1. The molecule has 0 N–H and O–H groups in total. The van der Waals surface area contributed by atoms with Crippen molar-refractivity contribution in [3.63, 3.8) is 0 Å².